The van der Waals surface area contributed by atoms with Crippen LogP contribution in [0, 0.1) is 0 Å². The lowest BCUT2D eigenvalue weighted by atomic mass is 9.89. The molecule has 0 aromatic carbocycles. The molecule has 0 bridgehead atoms. The fourth-order valence-corrected chi connectivity index (χ4v) is 4.13. The molecule has 168 valence electrons. The number of carbonyl (C=O) groups is 1. The maximum Gasteiger partial charge on any atom is 0.486 e. The molecule has 0 aromatic rings. The number of hydrogen-bond acceptors (Lipinski definition) is 5. The van der Waals surface area contributed by atoms with Gasteiger partial charge < -0.3 is 18.5 Å². The van der Waals surface area contributed by atoms with Crippen LogP contribution in [0.4, 0.5) is 0 Å². The topological polar surface area (TPSA) is 54.0 Å². The summed E-state index contributed by atoms with van der Waals surface area (Å²) in [4.78, 5) is 11.3. The van der Waals surface area contributed by atoms with Gasteiger partial charge in [0.2, 0.25) is 0 Å². The Balaban J connectivity index is 2.74. The minimum atomic E-state index is -1.90. The third-order valence-electron chi connectivity index (χ3n) is 6.60. The maximum atomic E-state index is 11.3. The second-order valence-electron chi connectivity index (χ2n) is 10.6. The van der Waals surface area contributed by atoms with Crippen LogP contribution in [-0.4, -0.2) is 45.8 Å². The predicted octanol–water partition coefficient (Wildman–Crippen LogP) is 5.69. The quantitative estimate of drug-likeness (QED) is 0.255. The van der Waals surface area contributed by atoms with Crippen LogP contribution < -0.4 is 0 Å². The van der Waals surface area contributed by atoms with Gasteiger partial charge in [-0.2, -0.15) is 0 Å². The number of methoxy groups -OCH3 is 1. The maximum absolute atomic E-state index is 11.3. The fourth-order valence-electron chi connectivity index (χ4n) is 2.83. The third-order valence-corrected chi connectivity index (χ3v) is 11.1. The standard InChI is InChI=1S/C22H43BO5Si/c1-20(2,3)29(9,10)26-18(14-12-11-13-15-19(24)25-8)16-17-23-27-21(4,5)22(6,7)28-23/h16-18H,11-15H2,1-10H3/b17-16+/t18-/m0/s1. The Labute approximate surface area is 180 Å². The van der Waals surface area contributed by atoms with Crippen LogP contribution >= 0.6 is 0 Å². The Kier molecular flexibility index (Phi) is 9.21. The molecule has 1 atom stereocenters. The molecule has 1 fully saturated rings. The molecule has 0 saturated carbocycles. The van der Waals surface area contributed by atoms with Crippen molar-refractivity contribution in [2.24, 2.45) is 0 Å². The Morgan fingerprint density at radius 3 is 2.10 bits per heavy atom. The first-order chi connectivity index (χ1) is 13.1. The van der Waals surface area contributed by atoms with E-state index in [0.717, 1.165) is 25.7 Å². The summed E-state index contributed by atoms with van der Waals surface area (Å²) in [5.74, 6) is 1.86. The van der Waals surface area contributed by atoms with E-state index in [1.54, 1.807) is 0 Å². The van der Waals surface area contributed by atoms with Crippen molar-refractivity contribution in [3.8, 4) is 0 Å². The Hall–Kier alpha value is -0.628. The second-order valence-corrected chi connectivity index (χ2v) is 15.4. The van der Waals surface area contributed by atoms with Gasteiger partial charge in [0.1, 0.15) is 0 Å². The monoisotopic (exact) mass is 426 g/mol. The minimum Gasteiger partial charge on any atom is -0.469 e. The normalized spacial score (nSPS) is 20.3. The summed E-state index contributed by atoms with van der Waals surface area (Å²) in [7, 11) is -0.821. The highest BCUT2D eigenvalue weighted by atomic mass is 28.4. The molecule has 1 saturated heterocycles. The molecule has 0 spiro atoms. The van der Waals surface area contributed by atoms with Crippen molar-refractivity contribution in [3.05, 3.63) is 12.1 Å². The number of unbranched alkanes of at least 4 members (excludes halogenated alkanes) is 2. The van der Waals surface area contributed by atoms with Gasteiger partial charge >= 0.3 is 13.1 Å². The van der Waals surface area contributed by atoms with E-state index in [0.29, 0.717) is 6.42 Å². The summed E-state index contributed by atoms with van der Waals surface area (Å²) in [5.41, 5.74) is -0.683. The van der Waals surface area contributed by atoms with E-state index in [4.69, 9.17) is 18.5 Å². The van der Waals surface area contributed by atoms with E-state index in [-0.39, 0.29) is 35.4 Å². The van der Waals surface area contributed by atoms with Crippen LogP contribution in [0.15, 0.2) is 12.1 Å². The predicted molar refractivity (Wildman–Crippen MR) is 122 cm³/mol. The van der Waals surface area contributed by atoms with Crippen LogP contribution in [0.1, 0.15) is 80.6 Å². The molecule has 0 aromatic heterocycles. The number of carbonyl (C=O) groups excluding carboxylic acids is 1. The van der Waals surface area contributed by atoms with Crippen LogP contribution in [0.3, 0.4) is 0 Å². The lowest BCUT2D eigenvalue weighted by Crippen LogP contribution is -2.43. The van der Waals surface area contributed by atoms with Gasteiger partial charge in [0.15, 0.2) is 8.32 Å². The molecule has 29 heavy (non-hydrogen) atoms. The SMILES string of the molecule is COC(=O)CCCCC[C@@H](/C=C/B1OC(C)(C)C(C)(C)O1)O[Si](C)(C)C(C)(C)C. The molecule has 0 radical (unpaired) electrons. The van der Waals surface area contributed by atoms with Crippen molar-refractivity contribution >= 4 is 21.4 Å². The third kappa shape index (κ3) is 7.85. The molecule has 5 nitrogen and oxygen atoms in total. The summed E-state index contributed by atoms with van der Waals surface area (Å²) >= 11 is 0. The van der Waals surface area contributed by atoms with E-state index >= 15 is 0 Å². The fraction of sp³-hybridized carbons (Fsp3) is 0.864. The van der Waals surface area contributed by atoms with Crippen LogP contribution in [-0.2, 0) is 23.3 Å². The van der Waals surface area contributed by atoms with E-state index in [9.17, 15) is 4.79 Å². The van der Waals surface area contributed by atoms with Gasteiger partial charge in [0.05, 0.1) is 24.4 Å². The summed E-state index contributed by atoms with van der Waals surface area (Å²) in [6, 6.07) is 0. The number of ether oxygens (including phenoxy) is 1. The summed E-state index contributed by atoms with van der Waals surface area (Å²) in [6.07, 6.45) is 6.37. The zero-order valence-electron chi connectivity index (χ0n) is 20.4. The average molecular weight is 426 g/mol. The zero-order valence-corrected chi connectivity index (χ0v) is 21.4. The van der Waals surface area contributed by atoms with Gasteiger partial charge in [-0.15, -0.1) is 0 Å². The van der Waals surface area contributed by atoms with Gasteiger partial charge in [-0.25, -0.2) is 0 Å². The highest BCUT2D eigenvalue weighted by molar-refractivity contribution is 6.74. The summed E-state index contributed by atoms with van der Waals surface area (Å²) < 4.78 is 23.6. The Bertz CT molecular complexity index is 550. The van der Waals surface area contributed by atoms with E-state index < -0.39 is 8.32 Å². The lowest BCUT2D eigenvalue weighted by molar-refractivity contribution is -0.140. The molecule has 1 rings (SSSR count). The second kappa shape index (κ2) is 10.1. The lowest BCUT2D eigenvalue weighted by Gasteiger charge is -2.38. The number of rotatable bonds is 10. The molecule has 1 aliphatic rings. The first-order valence-corrected chi connectivity index (χ1v) is 13.8. The van der Waals surface area contributed by atoms with Crippen molar-refractivity contribution < 1.29 is 23.3 Å². The molecular weight excluding hydrogens is 383 g/mol. The first-order valence-electron chi connectivity index (χ1n) is 10.9. The smallest absolute Gasteiger partial charge is 0.469 e. The van der Waals surface area contributed by atoms with Crippen molar-refractivity contribution in [2.75, 3.05) is 7.11 Å². The van der Waals surface area contributed by atoms with Gasteiger partial charge in [-0.1, -0.05) is 45.7 Å². The van der Waals surface area contributed by atoms with Crippen LogP contribution in [0.25, 0.3) is 0 Å². The first kappa shape index (κ1) is 26.4. The van der Waals surface area contributed by atoms with Gasteiger partial charge in [0, 0.05) is 6.42 Å². The van der Waals surface area contributed by atoms with Gasteiger partial charge in [-0.3, -0.25) is 4.79 Å². The summed E-state index contributed by atoms with van der Waals surface area (Å²) in [5, 5.41) is 0.147. The van der Waals surface area contributed by atoms with Crippen molar-refractivity contribution in [1.29, 1.82) is 0 Å². The highest BCUT2D eigenvalue weighted by Gasteiger charge is 2.50. The molecular formula is C22H43BO5Si. The minimum absolute atomic E-state index is 0.0213. The van der Waals surface area contributed by atoms with E-state index in [1.165, 1.54) is 7.11 Å². The van der Waals surface area contributed by atoms with E-state index in [1.807, 2.05) is 5.98 Å². The molecule has 0 amide bonds. The molecule has 0 unspecified atom stereocenters. The van der Waals surface area contributed by atoms with Gasteiger partial charge in [0.25, 0.3) is 0 Å². The number of hydrogen-bond donors (Lipinski definition) is 0. The van der Waals surface area contributed by atoms with Gasteiger partial charge in [-0.05, 0) is 58.7 Å². The molecule has 1 aliphatic heterocycles. The molecule has 0 N–H and O–H groups in total. The number of esters is 1. The van der Waals surface area contributed by atoms with Crippen LogP contribution in [0.2, 0.25) is 18.1 Å². The molecule has 0 aliphatic carbocycles. The van der Waals surface area contributed by atoms with Crippen molar-refractivity contribution in [1.82, 2.24) is 0 Å². The zero-order chi connectivity index (χ0) is 22.5. The van der Waals surface area contributed by atoms with Crippen molar-refractivity contribution in [3.63, 3.8) is 0 Å². The summed E-state index contributed by atoms with van der Waals surface area (Å²) in [6.45, 7) is 19.6. The average Bonchev–Trinajstić information content (AvgIpc) is 2.77. The Morgan fingerprint density at radius 2 is 1.62 bits per heavy atom. The largest absolute Gasteiger partial charge is 0.486 e. The van der Waals surface area contributed by atoms with E-state index in [2.05, 4.69) is 67.6 Å². The Morgan fingerprint density at radius 1 is 1.07 bits per heavy atom. The van der Waals surface area contributed by atoms with Crippen LogP contribution in [0.5, 0.6) is 0 Å². The highest BCUT2D eigenvalue weighted by Crippen LogP contribution is 2.39. The molecule has 7 heteroatoms. The van der Waals surface area contributed by atoms with Crippen molar-refractivity contribution in [2.45, 2.75) is 116 Å². The molecule has 1 heterocycles.